The third kappa shape index (κ3) is 1.43. The summed E-state index contributed by atoms with van der Waals surface area (Å²) in [6, 6.07) is -1.25. The SMILES string of the molecule is FC(F)(F)C1=NC(Cl)=NC2=NC=NC21. The van der Waals surface area contributed by atoms with E-state index in [2.05, 4.69) is 20.0 Å². The van der Waals surface area contributed by atoms with Gasteiger partial charge in [-0.2, -0.15) is 18.2 Å². The molecule has 4 nitrogen and oxygen atoms in total. The molecule has 0 aromatic heterocycles. The standard InChI is InChI=1S/C6H2ClF3N4/c7-5-13-3(6(8,9)10)2-4(14-5)12-1-11-2/h1-2H. The van der Waals surface area contributed by atoms with Crippen molar-refractivity contribution in [2.45, 2.75) is 12.2 Å². The van der Waals surface area contributed by atoms with Gasteiger partial charge in [0.15, 0.2) is 17.6 Å². The largest absolute Gasteiger partial charge is 0.432 e. The van der Waals surface area contributed by atoms with Crippen molar-refractivity contribution in [2.24, 2.45) is 20.0 Å². The number of hydrogen-bond acceptors (Lipinski definition) is 4. The minimum absolute atomic E-state index is 0.0719. The molecule has 0 bridgehead atoms. The molecule has 1 unspecified atom stereocenters. The molecule has 74 valence electrons. The fourth-order valence-electron chi connectivity index (χ4n) is 1.08. The Labute approximate surface area is 80.9 Å². The number of fused-ring (bicyclic) bond motifs is 1. The van der Waals surface area contributed by atoms with Crippen molar-refractivity contribution < 1.29 is 13.2 Å². The maximum atomic E-state index is 12.4. The van der Waals surface area contributed by atoms with Crippen LogP contribution in [-0.4, -0.2) is 35.4 Å². The van der Waals surface area contributed by atoms with Gasteiger partial charge in [-0.15, -0.1) is 0 Å². The third-order valence-corrected chi connectivity index (χ3v) is 1.79. The Kier molecular flexibility index (Phi) is 1.91. The lowest BCUT2D eigenvalue weighted by Crippen LogP contribution is -2.39. The molecule has 2 aliphatic heterocycles. The van der Waals surface area contributed by atoms with Gasteiger partial charge in [0.05, 0.1) is 0 Å². The van der Waals surface area contributed by atoms with Crippen LogP contribution in [-0.2, 0) is 0 Å². The van der Waals surface area contributed by atoms with Crippen LogP contribution in [0.15, 0.2) is 20.0 Å². The zero-order valence-corrected chi connectivity index (χ0v) is 7.21. The van der Waals surface area contributed by atoms with Gasteiger partial charge in [-0.1, -0.05) is 0 Å². The van der Waals surface area contributed by atoms with E-state index in [0.717, 1.165) is 6.34 Å². The maximum absolute atomic E-state index is 12.4. The minimum Gasteiger partial charge on any atom is -0.255 e. The zero-order valence-electron chi connectivity index (χ0n) is 6.46. The summed E-state index contributed by atoms with van der Waals surface area (Å²) in [7, 11) is 0. The van der Waals surface area contributed by atoms with Crippen LogP contribution in [0.5, 0.6) is 0 Å². The Morgan fingerprint density at radius 3 is 2.64 bits per heavy atom. The Hall–Kier alpha value is -1.24. The van der Waals surface area contributed by atoms with Crippen LogP contribution < -0.4 is 0 Å². The minimum atomic E-state index is -4.57. The van der Waals surface area contributed by atoms with Crippen LogP contribution in [0.4, 0.5) is 13.2 Å². The lowest BCUT2D eigenvalue weighted by molar-refractivity contribution is -0.0602. The highest BCUT2D eigenvalue weighted by atomic mass is 35.5. The van der Waals surface area contributed by atoms with E-state index in [0.29, 0.717) is 0 Å². The van der Waals surface area contributed by atoms with Crippen molar-refractivity contribution in [1.29, 1.82) is 0 Å². The van der Waals surface area contributed by atoms with Gasteiger partial charge in [-0.3, -0.25) is 4.99 Å². The molecule has 2 rings (SSSR count). The number of halogens is 4. The third-order valence-electron chi connectivity index (χ3n) is 1.62. The average molecular weight is 223 g/mol. The van der Waals surface area contributed by atoms with Crippen LogP contribution in [0.2, 0.25) is 0 Å². The van der Waals surface area contributed by atoms with Crippen molar-refractivity contribution in [2.75, 3.05) is 0 Å². The van der Waals surface area contributed by atoms with Crippen LogP contribution >= 0.6 is 11.6 Å². The number of nitrogens with zero attached hydrogens (tertiary/aromatic N) is 4. The van der Waals surface area contributed by atoms with Crippen LogP contribution in [0.3, 0.4) is 0 Å². The van der Waals surface area contributed by atoms with E-state index in [9.17, 15) is 13.2 Å². The molecule has 2 heterocycles. The van der Waals surface area contributed by atoms with Gasteiger partial charge in [0.1, 0.15) is 6.34 Å². The Morgan fingerprint density at radius 2 is 2.00 bits per heavy atom. The number of alkyl halides is 3. The molecule has 2 aliphatic rings. The van der Waals surface area contributed by atoms with Crippen molar-refractivity contribution in [3.8, 4) is 0 Å². The lowest BCUT2D eigenvalue weighted by atomic mass is 10.1. The van der Waals surface area contributed by atoms with Gasteiger partial charge < -0.3 is 0 Å². The molecule has 0 saturated carbocycles. The number of amidine groups is 2. The van der Waals surface area contributed by atoms with Crippen LogP contribution in [0, 0.1) is 0 Å². The molecule has 0 N–H and O–H groups in total. The highest BCUT2D eigenvalue weighted by Crippen LogP contribution is 2.26. The number of aliphatic imine (C=N–C) groups is 4. The Bertz CT molecular complexity index is 392. The Morgan fingerprint density at radius 1 is 1.29 bits per heavy atom. The highest BCUT2D eigenvalue weighted by Gasteiger charge is 2.45. The topological polar surface area (TPSA) is 49.4 Å². The Balaban J connectivity index is 2.46. The normalized spacial score (nSPS) is 25.4. The fourth-order valence-corrected chi connectivity index (χ4v) is 1.26. The second-order valence-corrected chi connectivity index (χ2v) is 2.87. The van der Waals surface area contributed by atoms with Gasteiger partial charge in [-0.05, 0) is 11.6 Å². The molecule has 0 aromatic carbocycles. The first kappa shape index (κ1) is 9.32. The summed E-state index contributed by atoms with van der Waals surface area (Å²) in [5, 5.41) is -0.474. The van der Waals surface area contributed by atoms with Crippen molar-refractivity contribution in [1.82, 2.24) is 0 Å². The molecule has 0 amide bonds. The summed E-state index contributed by atoms with van der Waals surface area (Å²) in [5.74, 6) is -0.0719. The molecule has 0 saturated heterocycles. The molecule has 1 atom stereocenters. The predicted molar refractivity (Wildman–Crippen MR) is 46.5 cm³/mol. The van der Waals surface area contributed by atoms with Gasteiger partial charge in [0, 0.05) is 0 Å². The van der Waals surface area contributed by atoms with Gasteiger partial charge in [-0.25, -0.2) is 9.98 Å². The maximum Gasteiger partial charge on any atom is 0.432 e. The predicted octanol–water partition coefficient (Wildman–Crippen LogP) is 1.41. The molecule has 0 aliphatic carbocycles. The summed E-state index contributed by atoms with van der Waals surface area (Å²) >= 11 is 5.31. The van der Waals surface area contributed by atoms with Crippen LogP contribution in [0.25, 0.3) is 0 Å². The second-order valence-electron chi connectivity index (χ2n) is 2.53. The van der Waals surface area contributed by atoms with Gasteiger partial charge >= 0.3 is 6.18 Å². The molecule has 0 spiro atoms. The number of rotatable bonds is 0. The monoisotopic (exact) mass is 222 g/mol. The van der Waals surface area contributed by atoms with Gasteiger partial charge in [0.25, 0.3) is 0 Å². The summed E-state index contributed by atoms with van der Waals surface area (Å²) in [6.45, 7) is 0. The molecule has 0 radical (unpaired) electrons. The fraction of sp³-hybridized carbons (Fsp3) is 0.333. The van der Waals surface area contributed by atoms with Crippen molar-refractivity contribution in [3.63, 3.8) is 0 Å². The van der Waals surface area contributed by atoms with E-state index in [1.165, 1.54) is 0 Å². The average Bonchev–Trinajstić information content (AvgIpc) is 2.47. The number of hydrogen-bond donors (Lipinski definition) is 0. The van der Waals surface area contributed by atoms with E-state index in [1.54, 1.807) is 0 Å². The smallest absolute Gasteiger partial charge is 0.255 e. The highest BCUT2D eigenvalue weighted by molar-refractivity contribution is 6.67. The van der Waals surface area contributed by atoms with Crippen molar-refractivity contribution >= 4 is 34.8 Å². The zero-order chi connectivity index (χ0) is 10.3. The lowest BCUT2D eigenvalue weighted by Gasteiger charge is -2.17. The summed E-state index contributed by atoms with van der Waals surface area (Å²) in [6.07, 6.45) is -3.55. The van der Waals surface area contributed by atoms with E-state index < -0.39 is 23.2 Å². The first-order valence-electron chi connectivity index (χ1n) is 3.48. The summed E-state index contributed by atoms with van der Waals surface area (Å²) in [5.41, 5.74) is -1.08. The molecule has 14 heavy (non-hydrogen) atoms. The van der Waals surface area contributed by atoms with E-state index in [4.69, 9.17) is 11.6 Å². The quantitative estimate of drug-likeness (QED) is 0.557. The van der Waals surface area contributed by atoms with E-state index >= 15 is 0 Å². The second kappa shape index (κ2) is 2.88. The molecular weight excluding hydrogens is 221 g/mol. The molecule has 8 heteroatoms. The molecule has 0 aromatic rings. The van der Waals surface area contributed by atoms with Crippen molar-refractivity contribution in [3.05, 3.63) is 0 Å². The molecular formula is C6H2ClF3N4. The van der Waals surface area contributed by atoms with E-state index in [-0.39, 0.29) is 5.84 Å². The first-order chi connectivity index (χ1) is 6.48. The summed E-state index contributed by atoms with van der Waals surface area (Å²) in [4.78, 5) is 13.7. The van der Waals surface area contributed by atoms with Crippen LogP contribution in [0.1, 0.15) is 0 Å². The van der Waals surface area contributed by atoms with E-state index in [1.807, 2.05) is 0 Å². The van der Waals surface area contributed by atoms with Gasteiger partial charge in [0.2, 0.25) is 5.29 Å². The summed E-state index contributed by atoms with van der Waals surface area (Å²) < 4.78 is 37.1. The molecule has 0 fully saturated rings. The first-order valence-corrected chi connectivity index (χ1v) is 3.85.